The molecule has 0 radical (unpaired) electrons. The molecule has 0 aliphatic carbocycles. The first-order valence-corrected chi connectivity index (χ1v) is 11.3. The Morgan fingerprint density at radius 3 is 2.08 bits per heavy atom. The van der Waals surface area contributed by atoms with E-state index in [1.165, 1.54) is 19.2 Å². The number of carbonyl (C=O) groups excluding carboxylic acids is 2. The number of aliphatic carboxylic acids is 1. The van der Waals surface area contributed by atoms with E-state index in [9.17, 15) is 45.1 Å². The number of rotatable bonds is 4. The molecule has 1 unspecified atom stereocenters. The average molecular weight is 548 g/mol. The van der Waals surface area contributed by atoms with Crippen LogP contribution in [0.4, 0.5) is 30.7 Å². The molecule has 0 saturated carbocycles. The Labute approximate surface area is 212 Å². The Morgan fingerprint density at radius 2 is 1.58 bits per heavy atom. The number of carboxylic acids is 1. The lowest BCUT2D eigenvalue weighted by molar-refractivity contribution is -0.157. The third-order valence-electron chi connectivity index (χ3n) is 6.47. The first-order chi connectivity index (χ1) is 17.5. The fraction of sp³-hybridized carbons (Fsp3) is 0.400. The van der Waals surface area contributed by atoms with Crippen LogP contribution in [0, 0.1) is 18.7 Å². The van der Waals surface area contributed by atoms with Crippen LogP contribution < -0.4 is 0 Å². The van der Waals surface area contributed by atoms with E-state index in [0.29, 0.717) is 23.3 Å². The summed E-state index contributed by atoms with van der Waals surface area (Å²) in [5, 5.41) is 9.09. The van der Waals surface area contributed by atoms with Crippen LogP contribution in [-0.2, 0) is 33.3 Å². The summed E-state index contributed by atoms with van der Waals surface area (Å²) < 4.78 is 93.1. The number of likely N-dealkylation sites (tertiary alicyclic amines) is 1. The quantitative estimate of drug-likeness (QED) is 0.438. The summed E-state index contributed by atoms with van der Waals surface area (Å²) in [5.74, 6) is -5.80. The van der Waals surface area contributed by atoms with Crippen LogP contribution in [0.2, 0.25) is 0 Å². The lowest BCUT2D eigenvalue weighted by Gasteiger charge is -2.39. The van der Waals surface area contributed by atoms with E-state index in [-0.39, 0.29) is 25.6 Å². The van der Waals surface area contributed by atoms with Gasteiger partial charge in [-0.1, -0.05) is 6.07 Å². The van der Waals surface area contributed by atoms with Gasteiger partial charge >= 0.3 is 24.2 Å². The van der Waals surface area contributed by atoms with E-state index in [1.807, 2.05) is 0 Å². The normalized spacial score (nSPS) is 18.3. The first kappa shape index (κ1) is 28.9. The molecule has 6 nitrogen and oxygen atoms in total. The first-order valence-electron chi connectivity index (χ1n) is 11.3. The van der Waals surface area contributed by atoms with Gasteiger partial charge in [0.2, 0.25) is 5.91 Å². The predicted octanol–water partition coefficient (Wildman–Crippen LogP) is 4.85. The van der Waals surface area contributed by atoms with Crippen molar-refractivity contribution in [1.29, 1.82) is 0 Å². The summed E-state index contributed by atoms with van der Waals surface area (Å²) in [4.78, 5) is 38.7. The Morgan fingerprint density at radius 1 is 1.00 bits per heavy atom. The van der Waals surface area contributed by atoms with Crippen LogP contribution in [-0.4, -0.2) is 52.8 Å². The molecule has 0 aromatic heterocycles. The standard InChI is InChI=1S/C25H23F7N2O4/c1-13-7-17(26)3-4-18(13)20-12-34(22(36)23(37)38)6-5-19(20)21(35)33(2)11-14-8-15(24(27,28)29)10-16(9-14)25(30,31)32/h3-4,7-10,19-20H,5-6,11-12H2,1-2H3,(H,37,38)/t19?,20-/m1/s1. The largest absolute Gasteiger partial charge is 0.474 e. The summed E-state index contributed by atoms with van der Waals surface area (Å²) >= 11 is 0. The van der Waals surface area contributed by atoms with Gasteiger partial charge in [0, 0.05) is 38.5 Å². The molecule has 0 spiro atoms. The second-order valence-corrected chi connectivity index (χ2v) is 9.17. The van der Waals surface area contributed by atoms with E-state index in [4.69, 9.17) is 5.11 Å². The van der Waals surface area contributed by atoms with E-state index in [2.05, 4.69) is 0 Å². The number of piperidine rings is 1. The second-order valence-electron chi connectivity index (χ2n) is 9.17. The zero-order chi connectivity index (χ0) is 28.6. The van der Waals surface area contributed by atoms with Gasteiger partial charge in [0.1, 0.15) is 5.82 Å². The lowest BCUT2D eigenvalue weighted by Crippen LogP contribution is -2.49. The number of nitrogens with zero attached hydrogens (tertiary/aromatic N) is 2. The van der Waals surface area contributed by atoms with Crippen molar-refractivity contribution in [3.05, 3.63) is 70.0 Å². The third kappa shape index (κ3) is 6.43. The molecule has 2 aromatic carbocycles. The topological polar surface area (TPSA) is 77.9 Å². The van der Waals surface area contributed by atoms with Gasteiger partial charge in [0.05, 0.1) is 11.1 Å². The molecule has 1 fully saturated rings. The highest BCUT2D eigenvalue weighted by Crippen LogP contribution is 2.38. The van der Waals surface area contributed by atoms with Crippen LogP contribution in [0.3, 0.4) is 0 Å². The SMILES string of the molecule is Cc1cc(F)ccc1[C@H]1CN(C(=O)C(=O)O)CCC1C(=O)N(C)Cc1cc(C(F)(F)F)cc(C(F)(F)F)c1. The molecular weight excluding hydrogens is 525 g/mol. The lowest BCUT2D eigenvalue weighted by atomic mass is 9.78. The molecule has 13 heteroatoms. The zero-order valence-electron chi connectivity index (χ0n) is 20.2. The molecule has 1 saturated heterocycles. The van der Waals surface area contributed by atoms with Crippen LogP contribution in [0.5, 0.6) is 0 Å². The summed E-state index contributed by atoms with van der Waals surface area (Å²) in [5.41, 5.74) is -2.53. The Balaban J connectivity index is 1.93. The highest BCUT2D eigenvalue weighted by atomic mass is 19.4. The number of hydrogen-bond donors (Lipinski definition) is 1. The van der Waals surface area contributed by atoms with Crippen molar-refractivity contribution < 1.29 is 50.2 Å². The zero-order valence-corrected chi connectivity index (χ0v) is 20.2. The second kappa shape index (κ2) is 10.6. The summed E-state index contributed by atoms with van der Waals surface area (Å²) in [6.07, 6.45) is -10.1. The highest BCUT2D eigenvalue weighted by Gasteiger charge is 2.41. The van der Waals surface area contributed by atoms with Crippen molar-refractivity contribution in [2.24, 2.45) is 5.92 Å². The summed E-state index contributed by atoms with van der Waals surface area (Å²) in [6.45, 7) is 0.662. The smallest absolute Gasteiger partial charge is 0.416 e. The summed E-state index contributed by atoms with van der Waals surface area (Å²) in [7, 11) is 1.22. The molecule has 2 amide bonds. The maximum absolute atomic E-state index is 13.7. The molecule has 38 heavy (non-hydrogen) atoms. The molecular formula is C25H23F7N2O4. The minimum atomic E-state index is -5.05. The summed E-state index contributed by atoms with van der Waals surface area (Å²) in [6, 6.07) is 4.79. The van der Waals surface area contributed by atoms with Crippen LogP contribution >= 0.6 is 0 Å². The van der Waals surface area contributed by atoms with E-state index in [1.54, 1.807) is 6.92 Å². The van der Waals surface area contributed by atoms with Crippen molar-refractivity contribution in [2.75, 3.05) is 20.1 Å². The van der Waals surface area contributed by atoms with Crippen LogP contribution in [0.25, 0.3) is 0 Å². The fourth-order valence-corrected chi connectivity index (χ4v) is 4.68. The molecule has 3 rings (SSSR count). The van der Waals surface area contributed by atoms with Gasteiger partial charge in [0.25, 0.3) is 0 Å². The van der Waals surface area contributed by atoms with Crippen molar-refractivity contribution in [2.45, 2.75) is 38.2 Å². The van der Waals surface area contributed by atoms with E-state index in [0.717, 1.165) is 15.9 Å². The van der Waals surface area contributed by atoms with Crippen molar-refractivity contribution in [3.63, 3.8) is 0 Å². The maximum Gasteiger partial charge on any atom is 0.416 e. The van der Waals surface area contributed by atoms with Crippen molar-refractivity contribution in [1.82, 2.24) is 9.80 Å². The molecule has 1 aliphatic rings. The molecule has 1 heterocycles. The van der Waals surface area contributed by atoms with Crippen LogP contribution in [0.1, 0.15) is 40.2 Å². The number of carboxylic acid groups (broad SMARTS) is 1. The monoisotopic (exact) mass is 548 g/mol. The van der Waals surface area contributed by atoms with Gasteiger partial charge in [-0.2, -0.15) is 26.3 Å². The van der Waals surface area contributed by atoms with E-state index < -0.39 is 71.0 Å². The number of aryl methyl sites for hydroxylation is 1. The van der Waals surface area contributed by atoms with Gasteiger partial charge in [-0.05, 0) is 60.4 Å². The highest BCUT2D eigenvalue weighted by molar-refractivity contribution is 6.31. The Hall–Kier alpha value is -3.64. The molecule has 1 aliphatic heterocycles. The number of amides is 2. The van der Waals surface area contributed by atoms with Gasteiger partial charge in [0.15, 0.2) is 0 Å². The van der Waals surface area contributed by atoms with Gasteiger partial charge < -0.3 is 14.9 Å². The van der Waals surface area contributed by atoms with Crippen LogP contribution in [0.15, 0.2) is 36.4 Å². The molecule has 0 bridgehead atoms. The number of carbonyl (C=O) groups is 3. The molecule has 2 aromatic rings. The van der Waals surface area contributed by atoms with Gasteiger partial charge in [-0.3, -0.25) is 9.59 Å². The van der Waals surface area contributed by atoms with Gasteiger partial charge in [-0.25, -0.2) is 9.18 Å². The minimum absolute atomic E-state index is 0.00610. The van der Waals surface area contributed by atoms with Gasteiger partial charge in [-0.15, -0.1) is 0 Å². The van der Waals surface area contributed by atoms with E-state index >= 15 is 0 Å². The molecule has 2 atom stereocenters. The number of halogens is 7. The predicted molar refractivity (Wildman–Crippen MR) is 119 cm³/mol. The fourth-order valence-electron chi connectivity index (χ4n) is 4.68. The average Bonchev–Trinajstić information content (AvgIpc) is 2.81. The number of hydrogen-bond acceptors (Lipinski definition) is 3. The van der Waals surface area contributed by atoms with Crippen molar-refractivity contribution in [3.8, 4) is 0 Å². The maximum atomic E-state index is 13.7. The third-order valence-corrected chi connectivity index (χ3v) is 6.47. The number of benzene rings is 2. The minimum Gasteiger partial charge on any atom is -0.474 e. The number of alkyl halides is 6. The molecule has 206 valence electrons. The Kier molecular flexibility index (Phi) is 8.08. The molecule has 1 N–H and O–H groups in total. The van der Waals surface area contributed by atoms with Crippen molar-refractivity contribution >= 4 is 17.8 Å². The Bertz CT molecular complexity index is 1210.